The topological polar surface area (TPSA) is 90.3 Å². The number of ether oxygens (including phenoxy) is 1. The molecule has 1 unspecified atom stereocenters. The molecular formula is C29H33N5O2S. The second-order valence-corrected chi connectivity index (χ2v) is 10.9. The monoisotopic (exact) mass is 515 g/mol. The molecule has 5 rings (SSSR count). The highest BCUT2D eigenvalue weighted by atomic mass is 32.1. The van der Waals surface area contributed by atoms with E-state index in [9.17, 15) is 10.1 Å². The Morgan fingerprint density at radius 2 is 2.14 bits per heavy atom. The molecule has 8 heteroatoms. The number of benzene rings is 2. The number of thiazole rings is 1. The number of fused-ring (bicyclic) bond motifs is 1. The predicted molar refractivity (Wildman–Crippen MR) is 147 cm³/mol. The van der Waals surface area contributed by atoms with E-state index in [1.54, 1.807) is 11.3 Å². The van der Waals surface area contributed by atoms with E-state index in [-0.39, 0.29) is 12.0 Å². The molecule has 1 atom stereocenters. The van der Waals surface area contributed by atoms with E-state index in [0.717, 1.165) is 61.0 Å². The van der Waals surface area contributed by atoms with Crippen LogP contribution in [0.5, 0.6) is 5.75 Å². The molecule has 1 aliphatic heterocycles. The van der Waals surface area contributed by atoms with E-state index in [4.69, 9.17) is 9.72 Å². The van der Waals surface area contributed by atoms with E-state index in [2.05, 4.69) is 34.9 Å². The van der Waals surface area contributed by atoms with E-state index in [1.807, 2.05) is 43.1 Å². The molecule has 1 aromatic heterocycles. The molecular weight excluding hydrogens is 482 g/mol. The van der Waals surface area contributed by atoms with Gasteiger partial charge in [-0.1, -0.05) is 18.2 Å². The summed E-state index contributed by atoms with van der Waals surface area (Å²) in [4.78, 5) is 20.3. The minimum atomic E-state index is 0.0105. The van der Waals surface area contributed by atoms with Crippen LogP contribution in [0.3, 0.4) is 0 Å². The quantitative estimate of drug-likeness (QED) is 0.468. The van der Waals surface area contributed by atoms with Gasteiger partial charge in [0.25, 0.3) is 0 Å². The first-order chi connectivity index (χ1) is 18.0. The summed E-state index contributed by atoms with van der Waals surface area (Å²) in [5, 5.41) is 17.2. The van der Waals surface area contributed by atoms with Gasteiger partial charge in [0.1, 0.15) is 16.8 Å². The molecule has 2 N–H and O–H groups in total. The Morgan fingerprint density at radius 1 is 1.30 bits per heavy atom. The lowest BCUT2D eigenvalue weighted by Crippen LogP contribution is -2.49. The summed E-state index contributed by atoms with van der Waals surface area (Å²) in [5.74, 6) is 1.20. The molecule has 0 spiro atoms. The lowest BCUT2D eigenvalue weighted by molar-refractivity contribution is -0.130. The van der Waals surface area contributed by atoms with Crippen molar-refractivity contribution >= 4 is 17.2 Å². The molecule has 1 saturated heterocycles. The summed E-state index contributed by atoms with van der Waals surface area (Å²) >= 11 is 1.65. The summed E-state index contributed by atoms with van der Waals surface area (Å²) in [5.41, 5.74) is 5.44. The van der Waals surface area contributed by atoms with Crippen LogP contribution in [0.2, 0.25) is 0 Å². The van der Waals surface area contributed by atoms with E-state index in [1.165, 1.54) is 16.7 Å². The number of nitriles is 1. The highest BCUT2D eigenvalue weighted by Crippen LogP contribution is 2.41. The number of piperazine rings is 1. The molecule has 0 radical (unpaired) electrons. The van der Waals surface area contributed by atoms with Crippen molar-refractivity contribution in [3.63, 3.8) is 0 Å². The highest BCUT2D eigenvalue weighted by Gasteiger charge is 2.26. The first-order valence-electron chi connectivity index (χ1n) is 13.0. The average Bonchev–Trinajstić information content (AvgIpc) is 3.57. The maximum absolute atomic E-state index is 12.5. The van der Waals surface area contributed by atoms with Crippen LogP contribution >= 0.6 is 11.3 Å². The molecule has 1 fully saturated rings. The molecule has 2 aromatic carbocycles. The molecule has 2 aliphatic rings. The number of aromatic nitrogens is 1. The Labute approximate surface area is 222 Å². The number of carbonyl (C=O) groups excluding carboxylic acids is 1. The number of hydrogen-bond donors (Lipinski definition) is 2. The molecule has 2 heterocycles. The summed E-state index contributed by atoms with van der Waals surface area (Å²) in [6.45, 7) is 8.45. The molecule has 3 aromatic rings. The Bertz CT molecular complexity index is 1310. The van der Waals surface area contributed by atoms with Gasteiger partial charge in [-0.15, -0.1) is 11.3 Å². The van der Waals surface area contributed by atoms with Gasteiger partial charge in [-0.3, -0.25) is 4.79 Å². The third-order valence-electron chi connectivity index (χ3n) is 7.01. The molecule has 1 aliphatic carbocycles. The normalized spacial score (nSPS) is 17.0. The first-order valence-corrected chi connectivity index (χ1v) is 13.8. The van der Waals surface area contributed by atoms with Crippen LogP contribution < -0.4 is 15.4 Å². The fraction of sp³-hybridized carbons (Fsp3) is 0.414. The fourth-order valence-corrected chi connectivity index (χ4v) is 6.17. The smallest absolute Gasteiger partial charge is 0.236 e. The Hall–Kier alpha value is -3.25. The van der Waals surface area contributed by atoms with E-state index >= 15 is 0 Å². The van der Waals surface area contributed by atoms with Crippen molar-refractivity contribution in [1.29, 1.82) is 5.26 Å². The van der Waals surface area contributed by atoms with Crippen LogP contribution in [-0.4, -0.2) is 61.2 Å². The zero-order valence-corrected chi connectivity index (χ0v) is 22.2. The van der Waals surface area contributed by atoms with Crippen LogP contribution in [0.4, 0.5) is 0 Å². The highest BCUT2D eigenvalue weighted by molar-refractivity contribution is 7.18. The number of amides is 1. The van der Waals surface area contributed by atoms with Crippen molar-refractivity contribution in [3.05, 3.63) is 59.3 Å². The largest absolute Gasteiger partial charge is 0.490 e. The van der Waals surface area contributed by atoms with Gasteiger partial charge in [-0.25, -0.2) is 4.98 Å². The number of hydrogen-bond acceptors (Lipinski definition) is 7. The molecule has 1 amide bonds. The minimum Gasteiger partial charge on any atom is -0.490 e. The van der Waals surface area contributed by atoms with Crippen LogP contribution in [0.1, 0.15) is 42.9 Å². The fourth-order valence-electron chi connectivity index (χ4n) is 5.20. The molecule has 37 heavy (non-hydrogen) atoms. The van der Waals surface area contributed by atoms with E-state index in [0.29, 0.717) is 23.8 Å². The van der Waals surface area contributed by atoms with Crippen LogP contribution in [0, 0.1) is 11.3 Å². The maximum Gasteiger partial charge on any atom is 0.236 e. The average molecular weight is 516 g/mol. The summed E-state index contributed by atoms with van der Waals surface area (Å²) in [6, 6.07) is 14.5. The third-order valence-corrected chi connectivity index (χ3v) is 8.09. The first kappa shape index (κ1) is 25.4. The SMILES string of the molecule is CC(C)Oc1ccc(-c2ncc(-c3cccc4c3CCC4CNCC(=O)N3CCNCC3)s2)cc1C#N. The van der Waals surface area contributed by atoms with Crippen molar-refractivity contribution in [2.24, 2.45) is 0 Å². The zero-order chi connectivity index (χ0) is 25.8. The molecule has 192 valence electrons. The molecule has 7 nitrogen and oxygen atoms in total. The molecule has 0 saturated carbocycles. The maximum atomic E-state index is 12.5. The summed E-state index contributed by atoms with van der Waals surface area (Å²) in [6.07, 6.45) is 4.06. The standard InChI is InChI=1S/C29H33N5O2S/c1-19(2)36-26-9-7-20(14-22(26)15-30)29-33-17-27(37-29)25-5-3-4-23-21(6-8-24(23)25)16-32-18-28(35)34-12-10-31-11-13-34/h3-5,7,9,14,17,19,21,31-32H,6,8,10-13,16,18H2,1-2H3. The van der Waals surface area contributed by atoms with Gasteiger partial charge in [-0.2, -0.15) is 5.26 Å². The number of rotatable bonds is 8. The second-order valence-electron chi connectivity index (χ2n) is 9.89. The minimum absolute atomic E-state index is 0.0105. The van der Waals surface area contributed by atoms with Crippen molar-refractivity contribution < 1.29 is 9.53 Å². The Kier molecular flexibility index (Phi) is 7.85. The number of carbonyl (C=O) groups is 1. The van der Waals surface area contributed by atoms with Crippen LogP contribution in [-0.2, 0) is 11.2 Å². The van der Waals surface area contributed by atoms with E-state index < -0.39 is 0 Å². The predicted octanol–water partition coefficient (Wildman–Crippen LogP) is 4.19. The van der Waals surface area contributed by atoms with Gasteiger partial charge in [0.2, 0.25) is 5.91 Å². The number of nitrogens with zero attached hydrogens (tertiary/aromatic N) is 3. The van der Waals surface area contributed by atoms with Gasteiger partial charge in [0.05, 0.1) is 23.1 Å². The van der Waals surface area contributed by atoms with Crippen LogP contribution in [0.15, 0.2) is 42.6 Å². The van der Waals surface area contributed by atoms with Gasteiger partial charge in [-0.05, 0) is 67.5 Å². The van der Waals surface area contributed by atoms with Crippen molar-refractivity contribution in [3.8, 4) is 32.8 Å². The van der Waals surface area contributed by atoms with Gasteiger partial charge >= 0.3 is 0 Å². The Morgan fingerprint density at radius 3 is 2.92 bits per heavy atom. The van der Waals surface area contributed by atoms with Gasteiger partial charge in [0.15, 0.2) is 0 Å². The zero-order valence-electron chi connectivity index (χ0n) is 21.4. The lowest BCUT2D eigenvalue weighted by Gasteiger charge is -2.27. The molecule has 0 bridgehead atoms. The number of nitrogens with one attached hydrogen (secondary N) is 2. The third kappa shape index (κ3) is 5.69. The lowest BCUT2D eigenvalue weighted by atomic mass is 9.98. The van der Waals surface area contributed by atoms with Crippen molar-refractivity contribution in [1.82, 2.24) is 20.5 Å². The summed E-state index contributed by atoms with van der Waals surface area (Å²) in [7, 11) is 0. The summed E-state index contributed by atoms with van der Waals surface area (Å²) < 4.78 is 5.77. The van der Waals surface area contributed by atoms with Crippen molar-refractivity contribution in [2.45, 2.75) is 38.7 Å². The second kappa shape index (κ2) is 11.4. The van der Waals surface area contributed by atoms with Gasteiger partial charge in [0, 0.05) is 44.5 Å². The van der Waals surface area contributed by atoms with Crippen LogP contribution in [0.25, 0.3) is 21.0 Å². The van der Waals surface area contributed by atoms with Crippen molar-refractivity contribution in [2.75, 3.05) is 39.3 Å². The van der Waals surface area contributed by atoms with Gasteiger partial charge < -0.3 is 20.3 Å². The Balaban J connectivity index is 1.28.